The van der Waals surface area contributed by atoms with Crippen molar-refractivity contribution >= 4 is 28.8 Å². The molecule has 0 bridgehead atoms. The van der Waals surface area contributed by atoms with Crippen LogP contribution < -0.4 is 9.46 Å². The molecule has 0 saturated heterocycles. The first-order valence-electron chi connectivity index (χ1n) is 8.31. The van der Waals surface area contributed by atoms with Gasteiger partial charge in [-0.15, -0.1) is 0 Å². The lowest BCUT2D eigenvalue weighted by atomic mass is 10.1. The van der Waals surface area contributed by atoms with Gasteiger partial charge in [0.15, 0.2) is 10.7 Å². The molecular formula is C19H15ClFN3O2S. The smallest absolute Gasteiger partial charge is 0.180 e. The Bertz CT molecular complexity index is 954. The molecule has 1 N–H and O–H groups in total. The molecule has 1 aliphatic rings. The topological polar surface area (TPSA) is 70.1 Å². The van der Waals surface area contributed by atoms with Gasteiger partial charge in [-0.25, -0.2) is 14.4 Å². The van der Waals surface area contributed by atoms with Crippen LogP contribution in [0, 0.1) is 5.82 Å². The quantitative estimate of drug-likeness (QED) is 0.608. The molecule has 1 unspecified atom stereocenters. The number of nitrogens with one attached hydrogen (secondary N) is 1. The molecule has 1 atom stereocenters. The van der Waals surface area contributed by atoms with E-state index in [1.165, 1.54) is 30.6 Å². The normalized spacial score (nSPS) is 14.6. The molecule has 1 saturated carbocycles. The molecule has 1 aromatic heterocycles. The molecule has 2 aromatic carbocycles. The zero-order valence-electron chi connectivity index (χ0n) is 14.1. The third-order valence-corrected chi connectivity index (χ3v) is 5.33. The maximum atomic E-state index is 13.0. The van der Waals surface area contributed by atoms with Gasteiger partial charge in [0.25, 0.3) is 0 Å². The number of aromatic nitrogens is 2. The van der Waals surface area contributed by atoms with Crippen LogP contribution in [0.1, 0.15) is 12.8 Å². The van der Waals surface area contributed by atoms with Crippen molar-refractivity contribution in [2.75, 3.05) is 4.72 Å². The molecular weight excluding hydrogens is 389 g/mol. The van der Waals surface area contributed by atoms with E-state index in [1.807, 2.05) is 12.1 Å². The van der Waals surface area contributed by atoms with Crippen molar-refractivity contribution < 1.29 is 13.7 Å². The van der Waals surface area contributed by atoms with Gasteiger partial charge in [-0.05, 0) is 55.3 Å². The van der Waals surface area contributed by atoms with E-state index in [-0.39, 0.29) is 11.9 Å². The number of anilines is 1. The summed E-state index contributed by atoms with van der Waals surface area (Å²) in [7, 11) is 0. The lowest BCUT2D eigenvalue weighted by Gasteiger charge is -2.12. The average Bonchev–Trinajstić information content (AvgIpc) is 3.48. The molecule has 27 heavy (non-hydrogen) atoms. The predicted molar refractivity (Wildman–Crippen MR) is 103 cm³/mol. The summed E-state index contributed by atoms with van der Waals surface area (Å²) >= 11 is 4.74. The van der Waals surface area contributed by atoms with Gasteiger partial charge < -0.3 is 9.29 Å². The molecule has 4 rings (SSSR count). The van der Waals surface area contributed by atoms with Gasteiger partial charge in [0, 0.05) is 11.6 Å². The second kappa shape index (κ2) is 7.72. The van der Waals surface area contributed by atoms with Crippen molar-refractivity contribution in [3.05, 3.63) is 65.7 Å². The average molecular weight is 404 g/mol. The monoisotopic (exact) mass is 403 g/mol. The van der Waals surface area contributed by atoms with Crippen LogP contribution in [0.4, 0.5) is 10.2 Å². The SMILES string of the molecule is [O-][S+](Nc1cc(-c2ccc(OC3CC3)c(Cl)c2)ncn1)c1ccc(F)cc1. The molecule has 0 amide bonds. The number of halogens is 2. The first-order valence-corrected chi connectivity index (χ1v) is 9.84. The Hall–Kier alpha value is -2.35. The minimum absolute atomic E-state index is 0.268. The Labute approximate surface area is 163 Å². The summed E-state index contributed by atoms with van der Waals surface area (Å²) in [5.41, 5.74) is 1.42. The highest BCUT2D eigenvalue weighted by Gasteiger charge is 2.24. The number of hydrogen-bond donors (Lipinski definition) is 1. The van der Waals surface area contributed by atoms with Crippen LogP contribution in [0.2, 0.25) is 5.02 Å². The van der Waals surface area contributed by atoms with E-state index in [2.05, 4.69) is 14.7 Å². The molecule has 0 aliphatic heterocycles. The molecule has 1 heterocycles. The fourth-order valence-electron chi connectivity index (χ4n) is 2.40. The van der Waals surface area contributed by atoms with Crippen LogP contribution in [-0.2, 0) is 11.4 Å². The van der Waals surface area contributed by atoms with Crippen LogP contribution in [-0.4, -0.2) is 20.6 Å². The van der Waals surface area contributed by atoms with Crippen molar-refractivity contribution in [1.29, 1.82) is 0 Å². The Balaban J connectivity index is 1.51. The molecule has 0 radical (unpaired) electrons. The van der Waals surface area contributed by atoms with E-state index >= 15 is 0 Å². The summed E-state index contributed by atoms with van der Waals surface area (Å²) in [6.45, 7) is 0. The summed E-state index contributed by atoms with van der Waals surface area (Å²) in [5.74, 6) is 0.663. The molecule has 3 aromatic rings. The van der Waals surface area contributed by atoms with Crippen molar-refractivity contribution in [3.8, 4) is 17.0 Å². The van der Waals surface area contributed by atoms with E-state index in [9.17, 15) is 8.94 Å². The zero-order valence-corrected chi connectivity index (χ0v) is 15.6. The molecule has 0 spiro atoms. The highest BCUT2D eigenvalue weighted by molar-refractivity contribution is 7.92. The minimum Gasteiger partial charge on any atom is -0.588 e. The fourth-order valence-corrected chi connectivity index (χ4v) is 3.43. The number of rotatable bonds is 6. The number of benzene rings is 2. The lowest BCUT2D eigenvalue weighted by Crippen LogP contribution is -2.14. The van der Waals surface area contributed by atoms with Crippen molar-refractivity contribution in [2.45, 2.75) is 23.8 Å². The zero-order chi connectivity index (χ0) is 18.8. The largest absolute Gasteiger partial charge is 0.588 e. The Kier molecular flexibility index (Phi) is 5.15. The van der Waals surface area contributed by atoms with Gasteiger partial charge in [0.1, 0.15) is 29.3 Å². The standard InChI is InChI=1S/C19H15ClFN3O2S/c20-16-9-12(1-8-18(16)26-14-4-5-14)17-10-19(23-11-22-17)24-27(25)15-6-2-13(21)3-7-15/h1-3,6-11,14H,4-5H2,(H,22,23,24). The van der Waals surface area contributed by atoms with E-state index in [4.69, 9.17) is 16.3 Å². The van der Waals surface area contributed by atoms with Crippen LogP contribution in [0.15, 0.2) is 59.8 Å². The number of nitrogens with zero attached hydrogens (tertiary/aromatic N) is 2. The predicted octanol–water partition coefficient (Wildman–Crippen LogP) is 4.61. The van der Waals surface area contributed by atoms with Gasteiger partial charge in [0.2, 0.25) is 0 Å². The van der Waals surface area contributed by atoms with E-state index < -0.39 is 11.4 Å². The summed E-state index contributed by atoms with van der Waals surface area (Å²) < 4.78 is 33.9. The second-order valence-corrected chi connectivity index (χ2v) is 7.70. The van der Waals surface area contributed by atoms with E-state index in [1.54, 1.807) is 12.1 Å². The third kappa shape index (κ3) is 4.50. The Morgan fingerprint density at radius 1 is 1.11 bits per heavy atom. The molecule has 5 nitrogen and oxygen atoms in total. The summed E-state index contributed by atoms with van der Waals surface area (Å²) in [6.07, 6.45) is 3.76. The van der Waals surface area contributed by atoms with Gasteiger partial charge in [-0.1, -0.05) is 11.6 Å². The van der Waals surface area contributed by atoms with Crippen LogP contribution in [0.3, 0.4) is 0 Å². The molecule has 8 heteroatoms. The van der Waals surface area contributed by atoms with Crippen molar-refractivity contribution in [1.82, 2.24) is 9.97 Å². The van der Waals surface area contributed by atoms with Crippen LogP contribution >= 0.6 is 11.6 Å². The van der Waals surface area contributed by atoms with Crippen molar-refractivity contribution in [2.24, 2.45) is 0 Å². The first-order chi connectivity index (χ1) is 13.1. The molecule has 1 aliphatic carbocycles. The van der Waals surface area contributed by atoms with Gasteiger partial charge >= 0.3 is 0 Å². The highest BCUT2D eigenvalue weighted by atomic mass is 35.5. The van der Waals surface area contributed by atoms with E-state index in [0.717, 1.165) is 18.4 Å². The number of ether oxygens (including phenoxy) is 1. The van der Waals surface area contributed by atoms with Crippen LogP contribution in [0.25, 0.3) is 11.3 Å². The highest BCUT2D eigenvalue weighted by Crippen LogP contribution is 2.34. The maximum absolute atomic E-state index is 13.0. The molecule has 1 fully saturated rings. The maximum Gasteiger partial charge on any atom is 0.180 e. The first kappa shape index (κ1) is 18.0. The second-order valence-electron chi connectivity index (χ2n) is 6.08. The van der Waals surface area contributed by atoms with Gasteiger partial charge in [-0.3, -0.25) is 0 Å². The van der Waals surface area contributed by atoms with E-state index in [0.29, 0.717) is 27.2 Å². The summed E-state index contributed by atoms with van der Waals surface area (Å²) in [6, 6.07) is 12.6. The molecule has 138 valence electrons. The van der Waals surface area contributed by atoms with Gasteiger partial charge in [-0.2, -0.15) is 4.72 Å². The third-order valence-electron chi connectivity index (χ3n) is 3.94. The van der Waals surface area contributed by atoms with Gasteiger partial charge in [0.05, 0.1) is 16.8 Å². The lowest BCUT2D eigenvalue weighted by molar-refractivity contribution is 0.303. The van der Waals surface area contributed by atoms with Crippen LogP contribution in [0.5, 0.6) is 5.75 Å². The number of hydrogen-bond acceptors (Lipinski definition) is 5. The Morgan fingerprint density at radius 2 is 1.89 bits per heavy atom. The van der Waals surface area contributed by atoms with Crippen molar-refractivity contribution in [3.63, 3.8) is 0 Å². The minimum atomic E-state index is -1.57. The summed E-state index contributed by atoms with van der Waals surface area (Å²) in [4.78, 5) is 8.78. The fraction of sp³-hybridized carbons (Fsp3) is 0.158. The summed E-state index contributed by atoms with van der Waals surface area (Å²) in [5, 5.41) is 0.516. The Morgan fingerprint density at radius 3 is 2.59 bits per heavy atom.